The summed E-state index contributed by atoms with van der Waals surface area (Å²) in [5.74, 6) is 2.50. The standard InChI is InChI=1S/C13H27N3O2S.HI/c1-5-19(17,18)7-6-15-13(14-4)16-9-11(2)8-12(3)10-16;/h11-12H,5-10H2,1-4H3,(H,14,15);1H. The monoisotopic (exact) mass is 417 g/mol. The van der Waals surface area contributed by atoms with E-state index in [9.17, 15) is 8.42 Å². The zero-order chi connectivity index (χ0) is 14.5. The fourth-order valence-corrected chi connectivity index (χ4v) is 3.33. The van der Waals surface area contributed by atoms with Gasteiger partial charge < -0.3 is 10.2 Å². The van der Waals surface area contributed by atoms with Crippen molar-refractivity contribution in [2.45, 2.75) is 27.2 Å². The summed E-state index contributed by atoms with van der Waals surface area (Å²) < 4.78 is 22.9. The zero-order valence-corrected chi connectivity index (χ0v) is 16.1. The van der Waals surface area contributed by atoms with Crippen LogP contribution in [0.2, 0.25) is 0 Å². The van der Waals surface area contributed by atoms with E-state index in [0.29, 0.717) is 18.4 Å². The molecular formula is C13H28IN3O2S. The molecular weight excluding hydrogens is 389 g/mol. The first-order valence-electron chi connectivity index (χ1n) is 7.04. The molecule has 2 atom stereocenters. The summed E-state index contributed by atoms with van der Waals surface area (Å²) in [5, 5.41) is 3.17. The number of nitrogens with one attached hydrogen (secondary N) is 1. The third-order valence-corrected chi connectivity index (χ3v) is 5.22. The van der Waals surface area contributed by atoms with Crippen LogP contribution < -0.4 is 5.32 Å². The minimum absolute atomic E-state index is 0. The molecule has 1 aliphatic heterocycles. The van der Waals surface area contributed by atoms with Crippen molar-refractivity contribution in [3.05, 3.63) is 0 Å². The average molecular weight is 417 g/mol. The Hall–Kier alpha value is -0.0500. The number of likely N-dealkylation sites (tertiary alicyclic amines) is 1. The summed E-state index contributed by atoms with van der Waals surface area (Å²) >= 11 is 0. The van der Waals surface area contributed by atoms with E-state index in [1.165, 1.54) is 6.42 Å². The summed E-state index contributed by atoms with van der Waals surface area (Å²) in [5.41, 5.74) is 0. The van der Waals surface area contributed by atoms with Gasteiger partial charge in [0.1, 0.15) is 0 Å². The Kier molecular flexibility index (Phi) is 9.04. The number of nitrogens with zero attached hydrogens (tertiary/aromatic N) is 2. The molecule has 2 unspecified atom stereocenters. The van der Waals surface area contributed by atoms with Crippen LogP contribution in [0.3, 0.4) is 0 Å². The lowest BCUT2D eigenvalue weighted by Gasteiger charge is -2.37. The molecule has 1 N–H and O–H groups in total. The molecule has 1 heterocycles. The highest BCUT2D eigenvalue weighted by molar-refractivity contribution is 14.0. The van der Waals surface area contributed by atoms with Crippen molar-refractivity contribution < 1.29 is 8.42 Å². The second-order valence-corrected chi connectivity index (χ2v) is 8.03. The number of hydrogen-bond donors (Lipinski definition) is 1. The molecule has 120 valence electrons. The van der Waals surface area contributed by atoms with Crippen LogP contribution in [0.5, 0.6) is 0 Å². The van der Waals surface area contributed by atoms with E-state index in [1.54, 1.807) is 14.0 Å². The summed E-state index contributed by atoms with van der Waals surface area (Å²) in [4.78, 5) is 6.50. The second kappa shape index (κ2) is 9.07. The summed E-state index contributed by atoms with van der Waals surface area (Å²) in [7, 11) is -1.16. The Bertz CT molecular complexity index is 402. The number of aliphatic imine (C=N–C) groups is 1. The van der Waals surface area contributed by atoms with Gasteiger partial charge in [0.25, 0.3) is 0 Å². The quantitative estimate of drug-likeness (QED) is 0.429. The van der Waals surface area contributed by atoms with Gasteiger partial charge in [-0.1, -0.05) is 20.8 Å². The van der Waals surface area contributed by atoms with Gasteiger partial charge in [0.05, 0.1) is 5.75 Å². The van der Waals surface area contributed by atoms with Crippen LogP contribution >= 0.6 is 24.0 Å². The maximum Gasteiger partial charge on any atom is 0.193 e. The predicted molar refractivity (Wildman–Crippen MR) is 95.6 cm³/mol. The third-order valence-electron chi connectivity index (χ3n) is 3.52. The van der Waals surface area contributed by atoms with E-state index in [2.05, 4.69) is 29.1 Å². The molecule has 0 radical (unpaired) electrons. The molecule has 1 fully saturated rings. The van der Waals surface area contributed by atoms with Crippen molar-refractivity contribution in [2.24, 2.45) is 16.8 Å². The minimum Gasteiger partial charge on any atom is -0.355 e. The normalized spacial score (nSPS) is 24.2. The number of piperidine rings is 1. The van der Waals surface area contributed by atoms with Crippen molar-refractivity contribution in [1.29, 1.82) is 0 Å². The van der Waals surface area contributed by atoms with Gasteiger partial charge in [-0.05, 0) is 18.3 Å². The van der Waals surface area contributed by atoms with E-state index >= 15 is 0 Å². The van der Waals surface area contributed by atoms with Crippen LogP contribution in [0.25, 0.3) is 0 Å². The van der Waals surface area contributed by atoms with Crippen molar-refractivity contribution in [1.82, 2.24) is 10.2 Å². The van der Waals surface area contributed by atoms with E-state index in [-0.39, 0.29) is 35.5 Å². The molecule has 0 amide bonds. The van der Waals surface area contributed by atoms with E-state index in [1.807, 2.05) is 0 Å². The first-order chi connectivity index (χ1) is 8.88. The van der Waals surface area contributed by atoms with Crippen molar-refractivity contribution in [3.63, 3.8) is 0 Å². The molecule has 0 bridgehead atoms. The predicted octanol–water partition coefficient (Wildman–Crippen LogP) is 1.59. The van der Waals surface area contributed by atoms with Gasteiger partial charge >= 0.3 is 0 Å². The molecule has 5 nitrogen and oxygen atoms in total. The number of hydrogen-bond acceptors (Lipinski definition) is 3. The van der Waals surface area contributed by atoms with Crippen molar-refractivity contribution in [2.75, 3.05) is 38.2 Å². The largest absolute Gasteiger partial charge is 0.355 e. The van der Waals surface area contributed by atoms with Gasteiger partial charge in [-0.3, -0.25) is 4.99 Å². The van der Waals surface area contributed by atoms with Gasteiger partial charge in [-0.2, -0.15) is 0 Å². The van der Waals surface area contributed by atoms with E-state index < -0.39 is 9.84 Å². The third kappa shape index (κ3) is 6.60. The molecule has 0 aromatic rings. The molecule has 0 saturated carbocycles. The molecule has 7 heteroatoms. The summed E-state index contributed by atoms with van der Waals surface area (Å²) in [6.07, 6.45) is 1.25. The lowest BCUT2D eigenvalue weighted by atomic mass is 9.92. The van der Waals surface area contributed by atoms with E-state index in [4.69, 9.17) is 0 Å². The van der Waals surface area contributed by atoms with Crippen LogP contribution in [0.4, 0.5) is 0 Å². The highest BCUT2D eigenvalue weighted by atomic mass is 127. The van der Waals surface area contributed by atoms with Gasteiger partial charge in [-0.15, -0.1) is 24.0 Å². The number of halogens is 1. The Balaban J connectivity index is 0.00000361. The highest BCUT2D eigenvalue weighted by Gasteiger charge is 2.24. The molecule has 0 aromatic heterocycles. The number of rotatable bonds is 4. The Morgan fingerprint density at radius 3 is 2.30 bits per heavy atom. The Morgan fingerprint density at radius 1 is 1.30 bits per heavy atom. The maximum absolute atomic E-state index is 11.5. The molecule has 20 heavy (non-hydrogen) atoms. The first-order valence-corrected chi connectivity index (χ1v) is 8.86. The fourth-order valence-electron chi connectivity index (χ4n) is 2.63. The smallest absolute Gasteiger partial charge is 0.193 e. The SMILES string of the molecule is CCS(=O)(=O)CCNC(=NC)N1CC(C)CC(C)C1.I. The van der Waals surface area contributed by atoms with Gasteiger partial charge in [-0.25, -0.2) is 8.42 Å². The highest BCUT2D eigenvalue weighted by Crippen LogP contribution is 2.20. The van der Waals surface area contributed by atoms with Crippen molar-refractivity contribution in [3.8, 4) is 0 Å². The fraction of sp³-hybridized carbons (Fsp3) is 0.923. The van der Waals surface area contributed by atoms with Gasteiger partial charge in [0.15, 0.2) is 15.8 Å². The average Bonchev–Trinajstić information content (AvgIpc) is 2.33. The zero-order valence-electron chi connectivity index (χ0n) is 12.9. The lowest BCUT2D eigenvalue weighted by Crippen LogP contribution is -2.49. The Morgan fingerprint density at radius 2 is 1.85 bits per heavy atom. The first kappa shape index (κ1) is 19.9. The molecule has 0 spiro atoms. The van der Waals surface area contributed by atoms with Crippen LogP contribution in [0.1, 0.15) is 27.2 Å². The number of sulfone groups is 1. The molecule has 1 aliphatic rings. The van der Waals surface area contributed by atoms with Crippen molar-refractivity contribution >= 4 is 39.8 Å². The van der Waals surface area contributed by atoms with Crippen LogP contribution in [-0.4, -0.2) is 57.5 Å². The topological polar surface area (TPSA) is 61.8 Å². The van der Waals surface area contributed by atoms with Gasteiger partial charge in [0.2, 0.25) is 0 Å². The van der Waals surface area contributed by atoms with Crippen LogP contribution in [-0.2, 0) is 9.84 Å². The maximum atomic E-state index is 11.5. The summed E-state index contributed by atoms with van der Waals surface area (Å²) in [6.45, 7) is 8.59. The van der Waals surface area contributed by atoms with Crippen LogP contribution in [0, 0.1) is 11.8 Å². The molecule has 1 rings (SSSR count). The molecule has 0 aliphatic carbocycles. The lowest BCUT2D eigenvalue weighted by molar-refractivity contribution is 0.209. The Labute approximate surface area is 140 Å². The summed E-state index contributed by atoms with van der Waals surface area (Å²) in [6, 6.07) is 0. The molecule has 0 aromatic carbocycles. The van der Waals surface area contributed by atoms with Crippen LogP contribution in [0.15, 0.2) is 4.99 Å². The molecule has 1 saturated heterocycles. The number of guanidine groups is 1. The van der Waals surface area contributed by atoms with Gasteiger partial charge in [0, 0.05) is 32.4 Å². The second-order valence-electron chi connectivity index (χ2n) is 5.56. The van der Waals surface area contributed by atoms with E-state index in [0.717, 1.165) is 19.0 Å². The minimum atomic E-state index is -2.91.